The number of rotatable bonds is 2. The van der Waals surface area contributed by atoms with Crippen LogP contribution in [0.3, 0.4) is 0 Å². The zero-order chi connectivity index (χ0) is 9.03. The van der Waals surface area contributed by atoms with Gasteiger partial charge in [0.2, 0.25) is 0 Å². The molecule has 2 nitrogen and oxygen atoms in total. The molecule has 0 bridgehead atoms. The van der Waals surface area contributed by atoms with Crippen LogP contribution in [-0.2, 0) is 0 Å². The summed E-state index contributed by atoms with van der Waals surface area (Å²) in [6, 6.07) is 2.01. The molecule has 0 aromatic rings. The van der Waals surface area contributed by atoms with E-state index in [0.29, 0.717) is 26.1 Å². The molecule has 0 saturated carbocycles. The van der Waals surface area contributed by atoms with Gasteiger partial charge in [-0.15, -0.1) is 0 Å². The summed E-state index contributed by atoms with van der Waals surface area (Å²) in [6.07, 6.45) is 0.322. The molecule has 0 amide bonds. The SMILES string of the molecule is N#CCCN1CCC(F)(F)CC1. The van der Waals surface area contributed by atoms with Crippen molar-refractivity contribution in [3.63, 3.8) is 0 Å². The predicted molar refractivity (Wildman–Crippen MR) is 40.9 cm³/mol. The minimum atomic E-state index is -2.47. The van der Waals surface area contributed by atoms with E-state index in [1.165, 1.54) is 0 Å². The molecule has 68 valence electrons. The van der Waals surface area contributed by atoms with Gasteiger partial charge in [-0.05, 0) is 0 Å². The molecule has 1 rings (SSSR count). The van der Waals surface area contributed by atoms with Crippen molar-refractivity contribution < 1.29 is 8.78 Å². The van der Waals surface area contributed by atoms with Gasteiger partial charge < -0.3 is 4.90 Å². The number of nitriles is 1. The topological polar surface area (TPSA) is 27.0 Å². The summed E-state index contributed by atoms with van der Waals surface area (Å²) in [5.41, 5.74) is 0. The van der Waals surface area contributed by atoms with Gasteiger partial charge in [0.05, 0.1) is 6.07 Å². The third-order valence-corrected chi connectivity index (χ3v) is 2.13. The number of piperidine rings is 1. The highest BCUT2D eigenvalue weighted by atomic mass is 19.3. The highest BCUT2D eigenvalue weighted by molar-refractivity contribution is 4.80. The van der Waals surface area contributed by atoms with E-state index in [0.717, 1.165) is 0 Å². The number of nitrogens with zero attached hydrogens (tertiary/aromatic N) is 2. The molecule has 0 aromatic carbocycles. The number of hydrogen-bond donors (Lipinski definition) is 0. The van der Waals surface area contributed by atoms with Gasteiger partial charge in [0, 0.05) is 38.9 Å². The normalized spacial score (nSPS) is 23.4. The summed E-state index contributed by atoms with van der Waals surface area (Å²) in [5.74, 6) is -2.47. The van der Waals surface area contributed by atoms with Crippen LogP contribution in [0, 0.1) is 11.3 Å². The van der Waals surface area contributed by atoms with Crippen LogP contribution in [0.15, 0.2) is 0 Å². The smallest absolute Gasteiger partial charge is 0.250 e. The predicted octanol–water partition coefficient (Wildman–Crippen LogP) is 1.63. The highest BCUT2D eigenvalue weighted by Crippen LogP contribution is 2.27. The second-order valence-corrected chi connectivity index (χ2v) is 3.11. The van der Waals surface area contributed by atoms with Crippen LogP contribution >= 0.6 is 0 Å². The van der Waals surface area contributed by atoms with E-state index < -0.39 is 5.92 Å². The standard InChI is InChI=1S/C8H12F2N2/c9-8(10)2-6-12(7-3-8)5-1-4-11/h1-3,5-7H2. The van der Waals surface area contributed by atoms with Crippen molar-refractivity contribution in [2.24, 2.45) is 0 Å². The maximum absolute atomic E-state index is 12.6. The quantitative estimate of drug-likeness (QED) is 0.636. The molecule has 0 atom stereocenters. The third kappa shape index (κ3) is 2.74. The monoisotopic (exact) mass is 174 g/mol. The van der Waals surface area contributed by atoms with E-state index in [1.807, 2.05) is 11.0 Å². The molecule has 1 aliphatic rings. The Morgan fingerprint density at radius 2 is 1.92 bits per heavy atom. The molecule has 12 heavy (non-hydrogen) atoms. The number of halogens is 2. The lowest BCUT2D eigenvalue weighted by atomic mass is 10.1. The summed E-state index contributed by atoms with van der Waals surface area (Å²) < 4.78 is 25.2. The molecule has 1 saturated heterocycles. The molecule has 0 spiro atoms. The van der Waals surface area contributed by atoms with Crippen molar-refractivity contribution in [3.05, 3.63) is 0 Å². The van der Waals surface area contributed by atoms with Crippen LogP contribution in [-0.4, -0.2) is 30.5 Å². The van der Waals surface area contributed by atoms with Crippen molar-refractivity contribution in [3.8, 4) is 6.07 Å². The van der Waals surface area contributed by atoms with Gasteiger partial charge in [0.1, 0.15) is 0 Å². The summed E-state index contributed by atoms with van der Waals surface area (Å²) in [4.78, 5) is 1.92. The maximum Gasteiger partial charge on any atom is 0.250 e. The van der Waals surface area contributed by atoms with Crippen molar-refractivity contribution in [1.82, 2.24) is 4.90 Å². The first-order valence-electron chi connectivity index (χ1n) is 4.11. The molecule has 1 aliphatic heterocycles. The Morgan fingerprint density at radius 3 is 2.42 bits per heavy atom. The summed E-state index contributed by atoms with van der Waals surface area (Å²) >= 11 is 0. The average Bonchev–Trinajstić information content (AvgIpc) is 2.03. The molecule has 0 radical (unpaired) electrons. The molecule has 0 aromatic heterocycles. The number of alkyl halides is 2. The minimum Gasteiger partial charge on any atom is -0.302 e. The van der Waals surface area contributed by atoms with Crippen molar-refractivity contribution >= 4 is 0 Å². The maximum atomic E-state index is 12.6. The van der Waals surface area contributed by atoms with Crippen molar-refractivity contribution in [1.29, 1.82) is 5.26 Å². The van der Waals surface area contributed by atoms with Crippen LogP contribution in [0.4, 0.5) is 8.78 Å². The Hall–Kier alpha value is -0.690. The molecule has 1 fully saturated rings. The summed E-state index contributed by atoms with van der Waals surface area (Å²) in [7, 11) is 0. The Labute approximate surface area is 70.8 Å². The van der Waals surface area contributed by atoms with Crippen molar-refractivity contribution in [2.75, 3.05) is 19.6 Å². The van der Waals surface area contributed by atoms with E-state index in [2.05, 4.69) is 0 Å². The second kappa shape index (κ2) is 3.81. The van der Waals surface area contributed by atoms with Crippen LogP contribution in [0.2, 0.25) is 0 Å². The lowest BCUT2D eigenvalue weighted by Gasteiger charge is -2.30. The van der Waals surface area contributed by atoms with Crippen LogP contribution in [0.25, 0.3) is 0 Å². The van der Waals surface area contributed by atoms with E-state index >= 15 is 0 Å². The molecular formula is C8H12F2N2. The first-order chi connectivity index (χ1) is 5.64. The molecule has 1 heterocycles. The number of hydrogen-bond acceptors (Lipinski definition) is 2. The summed E-state index contributed by atoms with van der Waals surface area (Å²) in [5, 5.41) is 8.27. The molecule has 4 heteroatoms. The zero-order valence-electron chi connectivity index (χ0n) is 6.89. The average molecular weight is 174 g/mol. The third-order valence-electron chi connectivity index (χ3n) is 2.13. The molecular weight excluding hydrogens is 162 g/mol. The Bertz CT molecular complexity index is 176. The largest absolute Gasteiger partial charge is 0.302 e. The van der Waals surface area contributed by atoms with E-state index in [4.69, 9.17) is 5.26 Å². The van der Waals surface area contributed by atoms with Crippen molar-refractivity contribution in [2.45, 2.75) is 25.2 Å². The number of likely N-dealkylation sites (tertiary alicyclic amines) is 1. The first kappa shape index (κ1) is 9.40. The van der Waals surface area contributed by atoms with E-state index in [-0.39, 0.29) is 12.8 Å². The van der Waals surface area contributed by atoms with Gasteiger partial charge in [-0.1, -0.05) is 0 Å². The van der Waals surface area contributed by atoms with E-state index in [9.17, 15) is 8.78 Å². The zero-order valence-corrected chi connectivity index (χ0v) is 6.89. The fourth-order valence-corrected chi connectivity index (χ4v) is 1.31. The van der Waals surface area contributed by atoms with Gasteiger partial charge in [0.15, 0.2) is 0 Å². The molecule has 0 unspecified atom stereocenters. The Morgan fingerprint density at radius 1 is 1.33 bits per heavy atom. The van der Waals surface area contributed by atoms with E-state index in [1.54, 1.807) is 0 Å². The van der Waals surface area contributed by atoms with Gasteiger partial charge in [-0.2, -0.15) is 5.26 Å². The molecule has 0 aliphatic carbocycles. The van der Waals surface area contributed by atoms with Gasteiger partial charge in [-0.25, -0.2) is 8.78 Å². The summed E-state index contributed by atoms with van der Waals surface area (Å²) in [6.45, 7) is 1.48. The first-order valence-corrected chi connectivity index (χ1v) is 4.11. The minimum absolute atomic E-state index is 0.0571. The van der Waals surface area contributed by atoms with Crippen LogP contribution in [0.5, 0.6) is 0 Å². The lowest BCUT2D eigenvalue weighted by molar-refractivity contribution is -0.0546. The Kier molecular flexibility index (Phi) is 2.99. The highest BCUT2D eigenvalue weighted by Gasteiger charge is 2.33. The second-order valence-electron chi connectivity index (χ2n) is 3.11. The molecule has 0 N–H and O–H groups in total. The fraction of sp³-hybridized carbons (Fsp3) is 0.875. The fourth-order valence-electron chi connectivity index (χ4n) is 1.31. The van der Waals surface area contributed by atoms with Crippen LogP contribution < -0.4 is 0 Å². The van der Waals surface area contributed by atoms with Gasteiger partial charge in [-0.3, -0.25) is 0 Å². The Balaban J connectivity index is 2.23. The lowest BCUT2D eigenvalue weighted by Crippen LogP contribution is -2.39. The van der Waals surface area contributed by atoms with Gasteiger partial charge >= 0.3 is 0 Å². The van der Waals surface area contributed by atoms with Gasteiger partial charge in [0.25, 0.3) is 5.92 Å². The van der Waals surface area contributed by atoms with Crippen LogP contribution in [0.1, 0.15) is 19.3 Å².